The Morgan fingerprint density at radius 3 is 2.11 bits per heavy atom. The van der Waals surface area contributed by atoms with Gasteiger partial charge in [0, 0.05) is 45.3 Å². The number of hydrogen-bond donors (Lipinski definition) is 4. The summed E-state index contributed by atoms with van der Waals surface area (Å²) >= 11 is 6.11. The Bertz CT molecular complexity index is 2330. The molecule has 3 aromatic rings. The average Bonchev–Trinajstić information content (AvgIpc) is 3.21. The molecular weight excluding hydrogens is 832 g/mol. The van der Waals surface area contributed by atoms with Crippen molar-refractivity contribution in [3.05, 3.63) is 94.1 Å². The van der Waals surface area contributed by atoms with Crippen LogP contribution in [0.4, 0.5) is 0 Å². The molecule has 0 spiro atoms. The van der Waals surface area contributed by atoms with E-state index in [1.54, 1.807) is 30.3 Å². The number of fused-ring (bicyclic) bond motifs is 1. The van der Waals surface area contributed by atoms with Gasteiger partial charge in [0.15, 0.2) is 28.8 Å². The zero-order valence-corrected chi connectivity index (χ0v) is 34.6. The fourth-order valence-electron chi connectivity index (χ4n) is 7.08. The number of unbranched alkanes of at least 4 members (excludes halogenated alkanes) is 1. The zero-order valence-electron chi connectivity index (χ0n) is 33.8. The van der Waals surface area contributed by atoms with Crippen molar-refractivity contribution in [1.29, 1.82) is 0 Å². The number of para-hydroxylation sites is 2. The van der Waals surface area contributed by atoms with Gasteiger partial charge in [-0.2, -0.15) is 0 Å². The summed E-state index contributed by atoms with van der Waals surface area (Å²) in [6.45, 7) is 2.73. The van der Waals surface area contributed by atoms with Crippen LogP contribution in [0.1, 0.15) is 85.1 Å². The number of halogens is 1. The third-order valence-corrected chi connectivity index (χ3v) is 10.2. The van der Waals surface area contributed by atoms with Crippen molar-refractivity contribution in [2.24, 2.45) is 0 Å². The molecule has 2 aliphatic rings. The quantitative estimate of drug-likeness (QED) is 0.0617. The first-order chi connectivity index (χ1) is 29.5. The fourth-order valence-corrected chi connectivity index (χ4v) is 7.36. The smallest absolute Gasteiger partial charge is 0.353 e. The number of Topliss-reactive ketones (excluding diaryl/α,β-unsaturated/α-hetero) is 1. The van der Waals surface area contributed by atoms with Crippen LogP contribution in [0.5, 0.6) is 23.0 Å². The first-order valence-corrected chi connectivity index (χ1v) is 19.8. The summed E-state index contributed by atoms with van der Waals surface area (Å²) in [5.41, 5.74) is -0.298. The van der Waals surface area contributed by atoms with Crippen LogP contribution in [-0.4, -0.2) is 105 Å². The van der Waals surface area contributed by atoms with E-state index >= 15 is 0 Å². The van der Waals surface area contributed by atoms with E-state index in [-0.39, 0.29) is 71.5 Å². The van der Waals surface area contributed by atoms with E-state index in [0.29, 0.717) is 12.0 Å². The molecule has 0 radical (unpaired) electrons. The number of phenolic OH excluding ortho intramolecular Hbond substituents is 1. The van der Waals surface area contributed by atoms with E-state index in [0.717, 1.165) is 30.6 Å². The molecule has 5 rings (SSSR count). The number of esters is 3. The number of nitrogens with one attached hydrogen (secondary N) is 2. The van der Waals surface area contributed by atoms with Crippen LogP contribution in [0, 0.1) is 0 Å². The highest BCUT2D eigenvalue weighted by atomic mass is 35.5. The predicted molar refractivity (Wildman–Crippen MR) is 217 cm³/mol. The Kier molecular flexibility index (Phi) is 15.2. The van der Waals surface area contributed by atoms with Gasteiger partial charge < -0.3 is 40.0 Å². The maximum atomic E-state index is 14.0. The lowest BCUT2D eigenvalue weighted by atomic mass is 9.85. The van der Waals surface area contributed by atoms with E-state index in [9.17, 15) is 53.4 Å². The lowest BCUT2D eigenvalue weighted by Gasteiger charge is -2.49. The van der Waals surface area contributed by atoms with Crippen LogP contribution < -0.4 is 24.8 Å². The summed E-state index contributed by atoms with van der Waals surface area (Å²) in [6.07, 6.45) is 0.472. The second kappa shape index (κ2) is 20.5. The second-order valence-corrected chi connectivity index (χ2v) is 14.8. The number of amides is 4. The Morgan fingerprint density at radius 1 is 0.839 bits per heavy atom. The minimum Gasteiger partial charge on any atom is -0.504 e. The molecule has 3 atom stereocenters. The molecule has 0 aromatic heterocycles. The number of phenols is 1. The van der Waals surface area contributed by atoms with Gasteiger partial charge >= 0.3 is 23.9 Å². The van der Waals surface area contributed by atoms with Crippen molar-refractivity contribution in [2.75, 3.05) is 19.6 Å². The van der Waals surface area contributed by atoms with Gasteiger partial charge in [-0.05, 0) is 55.5 Å². The zero-order chi connectivity index (χ0) is 45.2. The fraction of sp³-hybridized carbons (Fsp3) is 0.326. The van der Waals surface area contributed by atoms with E-state index < -0.39 is 90.0 Å². The number of β-lactam (4-membered cyclic amide) rings is 1. The Hall–Kier alpha value is -7.08. The number of ether oxygens (including phenoxy) is 3. The molecule has 18 nitrogen and oxygen atoms in total. The highest BCUT2D eigenvalue weighted by Gasteiger charge is 2.53. The van der Waals surface area contributed by atoms with Crippen LogP contribution in [0.25, 0.3) is 0 Å². The number of allylic oxidation sites excluding steroid dienone is 1. The highest BCUT2D eigenvalue weighted by molar-refractivity contribution is 6.32. The van der Waals surface area contributed by atoms with Crippen LogP contribution >= 0.6 is 11.6 Å². The van der Waals surface area contributed by atoms with Crippen molar-refractivity contribution in [1.82, 2.24) is 20.4 Å². The summed E-state index contributed by atoms with van der Waals surface area (Å²) in [7, 11) is 0. The largest absolute Gasteiger partial charge is 0.504 e. The van der Waals surface area contributed by atoms with Gasteiger partial charge in [-0.15, -0.1) is 0 Å². The Balaban J connectivity index is 1.31. The third-order valence-electron chi connectivity index (χ3n) is 9.83. The number of carbonyl (C=O) groups excluding carboxylic acids is 8. The number of hydrogen-bond acceptors (Lipinski definition) is 13. The summed E-state index contributed by atoms with van der Waals surface area (Å²) in [4.78, 5) is 117. The molecule has 62 heavy (non-hydrogen) atoms. The van der Waals surface area contributed by atoms with Crippen molar-refractivity contribution >= 4 is 64.9 Å². The first-order valence-electron chi connectivity index (χ1n) is 19.4. The maximum absolute atomic E-state index is 14.0. The van der Waals surface area contributed by atoms with Gasteiger partial charge in [0.05, 0.1) is 29.6 Å². The number of nitrogens with zero attached hydrogens (tertiary/aromatic N) is 2. The van der Waals surface area contributed by atoms with E-state index in [1.165, 1.54) is 36.4 Å². The lowest BCUT2D eigenvalue weighted by Crippen LogP contribution is -2.71. The number of carboxylic acid groups (broad SMARTS) is 1. The monoisotopic (exact) mass is 874 g/mol. The number of benzene rings is 3. The summed E-state index contributed by atoms with van der Waals surface area (Å²) in [5.74, 6) is -9.51. The molecule has 0 aliphatic carbocycles. The van der Waals surface area contributed by atoms with Gasteiger partial charge in [-0.25, -0.2) is 4.79 Å². The number of carboxylic acids is 1. The van der Waals surface area contributed by atoms with Crippen molar-refractivity contribution in [3.8, 4) is 23.0 Å². The Labute approximate surface area is 359 Å². The molecule has 1 fully saturated rings. The molecule has 4 N–H and O–H groups in total. The maximum Gasteiger partial charge on any atom is 0.353 e. The van der Waals surface area contributed by atoms with E-state index in [1.807, 2.05) is 0 Å². The normalized spacial score (nSPS) is 15.9. The molecule has 3 aromatic carbocycles. The topological polar surface area (TPSA) is 252 Å². The van der Waals surface area contributed by atoms with E-state index in [4.69, 9.17) is 25.8 Å². The number of aliphatic carboxylic acids is 1. The number of ketones is 1. The van der Waals surface area contributed by atoms with Gasteiger partial charge in [-0.1, -0.05) is 54.1 Å². The third kappa shape index (κ3) is 11.0. The minimum absolute atomic E-state index is 0.0213. The Morgan fingerprint density at radius 2 is 1.47 bits per heavy atom. The number of carbonyl (C=O) groups is 9. The molecular formula is C43H43ClN4O14. The van der Waals surface area contributed by atoms with Gasteiger partial charge in [0.25, 0.3) is 17.7 Å². The first kappa shape index (κ1) is 46.0. The molecule has 326 valence electrons. The summed E-state index contributed by atoms with van der Waals surface area (Å²) in [5, 5.41) is 25.9. The summed E-state index contributed by atoms with van der Waals surface area (Å²) < 4.78 is 15.3. The molecule has 2 heterocycles. The van der Waals surface area contributed by atoms with Crippen molar-refractivity contribution < 1.29 is 67.6 Å². The average molecular weight is 875 g/mol. The molecule has 2 aliphatic heterocycles. The van der Waals surface area contributed by atoms with Crippen LogP contribution in [0.3, 0.4) is 0 Å². The number of aromatic hydroxyl groups is 1. The van der Waals surface area contributed by atoms with Gasteiger partial charge in [0.1, 0.15) is 11.7 Å². The highest BCUT2D eigenvalue weighted by Crippen LogP contribution is 2.39. The second-order valence-electron chi connectivity index (χ2n) is 14.3. The SMILES string of the molecule is CC(=O)Oc1cccc(C(=O)N(CCCCNC(=O)c2cccc(OC(C)=O)c2OC(C)=O)CC(=O)C[C@H](C(=O)N[C@@H]2C(=O)N3C(C(=O)O)=C(Cl)CC[C@H]23)c2ccccc2)c1O. The van der Waals surface area contributed by atoms with Gasteiger partial charge in [0.2, 0.25) is 5.91 Å². The molecule has 4 amide bonds. The predicted octanol–water partition coefficient (Wildman–Crippen LogP) is 3.59. The molecule has 0 bridgehead atoms. The lowest BCUT2D eigenvalue weighted by molar-refractivity contribution is -0.156. The molecule has 0 unspecified atom stereocenters. The molecule has 19 heteroatoms. The van der Waals surface area contributed by atoms with Crippen LogP contribution in [-0.2, 0) is 33.6 Å². The number of rotatable bonds is 18. The summed E-state index contributed by atoms with van der Waals surface area (Å²) in [6, 6.07) is 14.6. The van der Waals surface area contributed by atoms with E-state index in [2.05, 4.69) is 10.6 Å². The van der Waals surface area contributed by atoms with Gasteiger partial charge in [-0.3, -0.25) is 43.3 Å². The van der Waals surface area contributed by atoms with Crippen molar-refractivity contribution in [2.45, 2.75) is 70.9 Å². The standard InChI is InChI=1S/C43H43ClN4O14/c1-23(49)60-33-15-9-13-28(37(33)53)41(56)47(20-8-7-19-45-39(54)29-14-10-16-34(61-24(2)50)38(29)62-25(3)51)22-27(52)21-30(26-11-5-4-6-12-26)40(55)46-35-32-18-17-31(44)36(43(58)59)48(32)42(35)57/h4-6,9-16,30,32,35,53H,7-8,17-22H2,1-3H3,(H,45,54)(H,46,55)(H,58,59)/t30-,32+,35-/m0/s1. The van der Waals surface area contributed by atoms with Crippen LogP contribution in [0.2, 0.25) is 0 Å². The molecule has 0 saturated carbocycles. The minimum atomic E-state index is -1.38. The molecule has 1 saturated heterocycles. The van der Waals surface area contributed by atoms with Crippen LogP contribution in [0.15, 0.2) is 77.5 Å². The van der Waals surface area contributed by atoms with Crippen molar-refractivity contribution in [3.63, 3.8) is 0 Å².